The molecule has 1 atom stereocenters. The van der Waals surface area contributed by atoms with E-state index in [0.717, 1.165) is 12.1 Å². The third-order valence-electron chi connectivity index (χ3n) is 6.33. The number of carbonyl (C=O) groups is 2. The van der Waals surface area contributed by atoms with Crippen molar-refractivity contribution in [3.63, 3.8) is 0 Å². The number of nitrogens with zero attached hydrogens (tertiary/aromatic N) is 6. The first kappa shape index (κ1) is 25.9. The van der Waals surface area contributed by atoms with Gasteiger partial charge in [0.1, 0.15) is 6.04 Å². The van der Waals surface area contributed by atoms with E-state index in [1.165, 1.54) is 22.2 Å². The molecule has 37 heavy (non-hydrogen) atoms. The van der Waals surface area contributed by atoms with Crippen molar-refractivity contribution in [2.24, 2.45) is 0 Å². The molecule has 13 heteroatoms. The van der Waals surface area contributed by atoms with Crippen LogP contribution < -0.4 is 10.2 Å². The predicted molar refractivity (Wildman–Crippen MR) is 130 cm³/mol. The lowest BCUT2D eigenvalue weighted by Gasteiger charge is -2.40. The average Bonchev–Trinajstić information content (AvgIpc) is 2.89. The van der Waals surface area contributed by atoms with Crippen molar-refractivity contribution in [3.05, 3.63) is 75.5 Å². The quantitative estimate of drug-likeness (QED) is 0.310. The van der Waals surface area contributed by atoms with Crippen molar-refractivity contribution in [2.75, 3.05) is 44.2 Å². The van der Waals surface area contributed by atoms with Gasteiger partial charge in [-0.2, -0.15) is 0 Å². The van der Waals surface area contributed by atoms with Crippen molar-refractivity contribution in [1.82, 2.24) is 25.2 Å². The molecule has 2 aliphatic rings. The van der Waals surface area contributed by atoms with E-state index in [1.807, 2.05) is 4.90 Å². The molecule has 1 fully saturated rings. The minimum absolute atomic E-state index is 0.192. The fourth-order valence-electron chi connectivity index (χ4n) is 4.47. The van der Waals surface area contributed by atoms with Crippen LogP contribution in [0.15, 0.2) is 48.2 Å². The van der Waals surface area contributed by atoms with Crippen LogP contribution in [0.1, 0.15) is 24.9 Å². The maximum Gasteiger partial charge on any atom is 0.365 e. The van der Waals surface area contributed by atoms with E-state index in [2.05, 4.69) is 15.2 Å². The highest BCUT2D eigenvalue weighted by Gasteiger charge is 2.33. The van der Waals surface area contributed by atoms with Gasteiger partial charge in [-0.25, -0.2) is 18.6 Å². The molecule has 4 rings (SSSR count). The molecular weight excluding hydrogens is 488 g/mol. The Labute approximate surface area is 212 Å². The van der Waals surface area contributed by atoms with Crippen LogP contribution in [0.2, 0.25) is 0 Å². The number of hydrogen-bond acceptors (Lipinski definition) is 7. The monoisotopic (exact) mass is 515 g/mol. The van der Waals surface area contributed by atoms with E-state index in [9.17, 15) is 28.5 Å². The number of anilines is 1. The number of urea groups is 1. The van der Waals surface area contributed by atoms with Crippen molar-refractivity contribution < 1.29 is 23.3 Å². The maximum absolute atomic E-state index is 13.9. The maximum atomic E-state index is 13.9. The summed E-state index contributed by atoms with van der Waals surface area (Å²) < 4.78 is 27.4. The molecule has 1 N–H and O–H groups in total. The van der Waals surface area contributed by atoms with Crippen molar-refractivity contribution in [3.8, 4) is 0 Å². The van der Waals surface area contributed by atoms with Crippen LogP contribution in [0, 0.1) is 21.7 Å². The molecule has 2 aliphatic heterocycles. The Hall–Kier alpha value is -4.13. The third-order valence-corrected chi connectivity index (χ3v) is 6.33. The Morgan fingerprint density at radius 1 is 1.19 bits per heavy atom. The number of hydrogen-bond donors (Lipinski definition) is 1. The summed E-state index contributed by atoms with van der Waals surface area (Å²) in [7, 11) is 0. The fraction of sp³-hybridized carbons (Fsp3) is 0.375. The molecule has 0 aliphatic carbocycles. The smallest absolute Gasteiger partial charge is 0.358 e. The lowest BCUT2D eigenvalue weighted by Crippen LogP contribution is -2.54. The highest BCUT2D eigenvalue weighted by molar-refractivity contribution is 5.79. The molecule has 0 radical (unpaired) electrons. The molecule has 196 valence electrons. The highest BCUT2D eigenvalue weighted by Crippen LogP contribution is 2.29. The van der Waals surface area contributed by atoms with Gasteiger partial charge in [0, 0.05) is 57.1 Å². The van der Waals surface area contributed by atoms with Crippen LogP contribution >= 0.6 is 0 Å². The van der Waals surface area contributed by atoms with Crippen LogP contribution in [-0.2, 0) is 4.79 Å². The summed E-state index contributed by atoms with van der Waals surface area (Å²) in [6.07, 6.45) is 2.78. The third kappa shape index (κ3) is 6.00. The summed E-state index contributed by atoms with van der Waals surface area (Å²) in [5.74, 6) is -1.66. The van der Waals surface area contributed by atoms with Crippen LogP contribution in [0.3, 0.4) is 0 Å². The minimum atomic E-state index is -1.04. The summed E-state index contributed by atoms with van der Waals surface area (Å²) in [5.41, 5.74) is 0.878. The van der Waals surface area contributed by atoms with Gasteiger partial charge in [-0.3, -0.25) is 14.7 Å². The Bertz CT molecular complexity index is 1200. The van der Waals surface area contributed by atoms with Crippen LogP contribution in [-0.4, -0.2) is 76.5 Å². The Morgan fingerprint density at radius 3 is 2.62 bits per heavy atom. The van der Waals surface area contributed by atoms with Crippen LogP contribution in [0.4, 0.5) is 25.2 Å². The summed E-state index contributed by atoms with van der Waals surface area (Å²) in [4.78, 5) is 43.5. The molecule has 0 saturated carbocycles. The number of aromatic nitrogens is 1. The number of amides is 3. The number of nitrogens with one attached hydrogen (secondary N) is 1. The lowest BCUT2D eigenvalue weighted by atomic mass is 10.0. The normalized spacial score (nSPS) is 18.3. The van der Waals surface area contributed by atoms with E-state index >= 15 is 0 Å². The van der Waals surface area contributed by atoms with Gasteiger partial charge >= 0.3 is 11.8 Å². The number of benzene rings is 1. The Balaban J connectivity index is 1.35. The SMILES string of the molecule is CC1=CC(c2ccc(F)c(F)c2)N(N(C=O)CCCN2CCN(c3cccc([N+](=O)[O-])n3)CC2)C(=O)N1. The first-order valence-electron chi connectivity index (χ1n) is 11.8. The van der Waals surface area contributed by atoms with E-state index < -0.39 is 28.6 Å². The topological polar surface area (TPSA) is 115 Å². The minimum Gasteiger partial charge on any atom is -0.358 e. The fourth-order valence-corrected chi connectivity index (χ4v) is 4.47. The van der Waals surface area contributed by atoms with Crippen LogP contribution in [0.25, 0.3) is 0 Å². The second-order valence-corrected chi connectivity index (χ2v) is 8.80. The molecule has 1 saturated heterocycles. The number of allylic oxidation sites excluding steroid dienone is 1. The van der Waals surface area contributed by atoms with Gasteiger partial charge in [0.2, 0.25) is 12.2 Å². The summed E-state index contributed by atoms with van der Waals surface area (Å²) in [6, 6.07) is 6.79. The number of piperazine rings is 1. The van der Waals surface area contributed by atoms with Gasteiger partial charge in [-0.15, -0.1) is 0 Å². The predicted octanol–water partition coefficient (Wildman–Crippen LogP) is 2.82. The molecule has 1 unspecified atom stereocenters. The Morgan fingerprint density at radius 2 is 1.95 bits per heavy atom. The molecule has 3 amide bonds. The lowest BCUT2D eigenvalue weighted by molar-refractivity contribution is -0.389. The first-order valence-corrected chi connectivity index (χ1v) is 11.8. The summed E-state index contributed by atoms with van der Waals surface area (Å²) in [5, 5.41) is 16.1. The van der Waals surface area contributed by atoms with E-state index in [0.29, 0.717) is 62.6 Å². The number of rotatable bonds is 9. The number of nitro groups is 1. The first-order chi connectivity index (χ1) is 17.8. The zero-order chi connectivity index (χ0) is 26.5. The van der Waals surface area contributed by atoms with Gasteiger partial charge in [0.05, 0.1) is 0 Å². The molecule has 0 bridgehead atoms. The molecular formula is C24H27F2N7O4. The molecule has 1 aromatic heterocycles. The van der Waals surface area contributed by atoms with Crippen molar-refractivity contribution >= 4 is 24.1 Å². The van der Waals surface area contributed by atoms with Gasteiger partial charge in [-0.05, 0) is 53.1 Å². The Kier molecular flexibility index (Phi) is 7.92. The van der Waals surface area contributed by atoms with Crippen LogP contribution in [0.5, 0.6) is 0 Å². The van der Waals surface area contributed by atoms with Crippen molar-refractivity contribution in [1.29, 1.82) is 0 Å². The summed E-state index contributed by atoms with van der Waals surface area (Å²) in [6.45, 7) is 5.25. The number of pyridine rings is 1. The van der Waals surface area contributed by atoms with E-state index in [4.69, 9.17) is 0 Å². The van der Waals surface area contributed by atoms with E-state index in [1.54, 1.807) is 25.1 Å². The van der Waals surface area contributed by atoms with Gasteiger partial charge in [0.25, 0.3) is 0 Å². The molecule has 1 aromatic carbocycles. The molecule has 2 aromatic rings. The summed E-state index contributed by atoms with van der Waals surface area (Å²) >= 11 is 0. The van der Waals surface area contributed by atoms with Gasteiger partial charge < -0.3 is 20.3 Å². The molecule has 3 heterocycles. The zero-order valence-corrected chi connectivity index (χ0v) is 20.2. The standard InChI is InChI=1S/C24H27F2N7O4/c1-17-14-21(18-6-7-19(25)20(26)15-18)32(24(35)27-17)31(16-34)9-3-8-29-10-12-30(13-11-29)22-4-2-5-23(28-22)33(36)37/h2,4-7,14-16,21H,3,8-13H2,1H3,(H,27,35). The number of hydrazine groups is 1. The second kappa shape index (κ2) is 11.3. The second-order valence-electron chi connectivity index (χ2n) is 8.80. The largest absolute Gasteiger partial charge is 0.365 e. The number of halogens is 2. The number of carbonyl (C=O) groups excluding carboxylic acids is 2. The van der Waals surface area contributed by atoms with Gasteiger partial charge in [-0.1, -0.05) is 6.07 Å². The highest BCUT2D eigenvalue weighted by atomic mass is 19.2. The molecule has 0 spiro atoms. The van der Waals surface area contributed by atoms with Gasteiger partial charge in [0.15, 0.2) is 11.6 Å². The van der Waals surface area contributed by atoms with Crippen molar-refractivity contribution in [2.45, 2.75) is 19.4 Å². The molecule has 11 nitrogen and oxygen atoms in total. The zero-order valence-electron chi connectivity index (χ0n) is 20.2. The average molecular weight is 516 g/mol. The van der Waals surface area contributed by atoms with E-state index in [-0.39, 0.29) is 12.4 Å².